The summed E-state index contributed by atoms with van der Waals surface area (Å²) in [6, 6.07) is 2.97. The summed E-state index contributed by atoms with van der Waals surface area (Å²) in [5, 5.41) is 4.07. The molecule has 1 aliphatic heterocycles. The van der Waals surface area contributed by atoms with Gasteiger partial charge in [-0.25, -0.2) is 4.98 Å². The Kier molecular flexibility index (Phi) is 5.61. The van der Waals surface area contributed by atoms with Gasteiger partial charge in [-0.3, -0.25) is 4.79 Å². The summed E-state index contributed by atoms with van der Waals surface area (Å²) in [5.74, 6) is 0.350. The fraction of sp³-hybridized carbons (Fsp3) is 0.350. The number of hydrogen-bond donors (Lipinski definition) is 1. The summed E-state index contributed by atoms with van der Waals surface area (Å²) in [6.07, 6.45) is 0.709. The van der Waals surface area contributed by atoms with Crippen molar-refractivity contribution < 1.29 is 22.7 Å². The molecule has 0 bridgehead atoms. The maximum absolute atomic E-state index is 13.0. The maximum atomic E-state index is 13.0. The van der Waals surface area contributed by atoms with Crippen molar-refractivity contribution in [3.63, 3.8) is 0 Å². The molecule has 1 atom stereocenters. The molecule has 11 heteroatoms. The van der Waals surface area contributed by atoms with Crippen LogP contribution in [-0.4, -0.2) is 50.7 Å². The van der Waals surface area contributed by atoms with Crippen molar-refractivity contribution in [3.8, 4) is 5.88 Å². The number of nitrogens with one attached hydrogen (secondary N) is 1. The molecule has 0 spiro atoms. The minimum absolute atomic E-state index is 0.127. The third-order valence-electron chi connectivity index (χ3n) is 4.95. The van der Waals surface area contributed by atoms with Crippen molar-refractivity contribution in [2.45, 2.75) is 32.1 Å². The lowest BCUT2D eigenvalue weighted by molar-refractivity contribution is -0.140. The molecule has 164 valence electrons. The Morgan fingerprint density at radius 3 is 2.90 bits per heavy atom. The Bertz CT molecular complexity index is 1120. The number of pyridine rings is 1. The maximum Gasteiger partial charge on any atom is 0.406 e. The molecule has 1 aliphatic rings. The lowest BCUT2D eigenvalue weighted by Crippen LogP contribution is -2.53. The minimum Gasteiger partial charge on any atom is -0.475 e. The van der Waals surface area contributed by atoms with Gasteiger partial charge in [0, 0.05) is 29.9 Å². The molecule has 0 aromatic carbocycles. The number of carbonyl (C=O) groups is 1. The topological polar surface area (TPSA) is 72.3 Å². The number of fused-ring (bicyclic) bond motifs is 1. The summed E-state index contributed by atoms with van der Waals surface area (Å²) in [5.41, 5.74) is 0.339. The first-order valence-electron chi connectivity index (χ1n) is 9.55. The van der Waals surface area contributed by atoms with Gasteiger partial charge in [0.25, 0.3) is 0 Å². The number of thiazole rings is 1. The summed E-state index contributed by atoms with van der Waals surface area (Å²) in [7, 11) is 0. The molecule has 7 nitrogen and oxygen atoms in total. The van der Waals surface area contributed by atoms with Crippen molar-refractivity contribution in [3.05, 3.63) is 42.1 Å². The number of anilines is 2. The van der Waals surface area contributed by atoms with E-state index in [-0.39, 0.29) is 24.4 Å². The molecule has 4 rings (SSSR count). The highest BCUT2D eigenvalue weighted by Crippen LogP contribution is 2.32. The molecule has 1 N–H and O–H groups in total. The third-order valence-corrected chi connectivity index (χ3v) is 5.78. The number of hydrogen-bond acceptors (Lipinski definition) is 6. The Hall–Kier alpha value is -3.08. The van der Waals surface area contributed by atoms with Crippen LogP contribution in [0.2, 0.25) is 0 Å². The van der Waals surface area contributed by atoms with Crippen LogP contribution in [0.25, 0.3) is 10.9 Å². The van der Waals surface area contributed by atoms with E-state index in [1.54, 1.807) is 23.2 Å². The number of halogens is 3. The Balaban J connectivity index is 1.63. The number of likely N-dealkylation sites (tertiary alicyclic amines) is 1. The summed E-state index contributed by atoms with van der Waals surface area (Å²) >= 11 is 1.40. The van der Waals surface area contributed by atoms with Crippen molar-refractivity contribution in [1.29, 1.82) is 0 Å². The molecule has 1 amide bonds. The van der Waals surface area contributed by atoms with Crippen molar-refractivity contribution in [2.24, 2.45) is 0 Å². The zero-order valence-electron chi connectivity index (χ0n) is 16.6. The Morgan fingerprint density at radius 1 is 1.48 bits per heavy atom. The van der Waals surface area contributed by atoms with Crippen LogP contribution in [0.1, 0.15) is 11.3 Å². The fourth-order valence-corrected chi connectivity index (χ4v) is 4.05. The van der Waals surface area contributed by atoms with Gasteiger partial charge >= 0.3 is 6.18 Å². The fourth-order valence-electron chi connectivity index (χ4n) is 3.38. The molecule has 3 aromatic rings. The standard InChI is InChI=1S/C20H20F3N5O2S/c1-3-17(29)28-7-4-13(28)10-30-18-14-5-6-27(11-20(21,22)23)15(14)8-16(25-18)26-19-24-9-12(2)31-19/h3,5-6,8-9,13H,1,4,7,10-11H2,2H3,(H,24,25,26). The number of ether oxygens (including phenoxy) is 1. The van der Waals surface area contributed by atoms with E-state index in [0.29, 0.717) is 28.4 Å². The van der Waals surface area contributed by atoms with E-state index >= 15 is 0 Å². The average Bonchev–Trinajstić information content (AvgIpc) is 3.26. The number of nitrogens with zero attached hydrogens (tertiary/aromatic N) is 4. The number of rotatable bonds is 7. The SMILES string of the molecule is C=CC(=O)N1CCC1COc1nc(Nc2ncc(C)s2)cc2c1ccn2CC(F)(F)F. The van der Waals surface area contributed by atoms with Gasteiger partial charge in [-0.05, 0) is 25.5 Å². The summed E-state index contributed by atoms with van der Waals surface area (Å²) < 4.78 is 46.1. The van der Waals surface area contributed by atoms with Crippen LogP contribution in [0.5, 0.6) is 5.88 Å². The van der Waals surface area contributed by atoms with Gasteiger partial charge in [-0.1, -0.05) is 6.58 Å². The molecule has 1 saturated heterocycles. The lowest BCUT2D eigenvalue weighted by Gasteiger charge is -2.39. The second kappa shape index (κ2) is 8.22. The van der Waals surface area contributed by atoms with E-state index < -0.39 is 12.7 Å². The first kappa shape index (κ1) is 21.2. The van der Waals surface area contributed by atoms with Crippen molar-refractivity contribution in [1.82, 2.24) is 19.4 Å². The second-order valence-electron chi connectivity index (χ2n) is 7.19. The number of alkyl halides is 3. The third kappa shape index (κ3) is 4.66. The lowest BCUT2D eigenvalue weighted by atomic mass is 10.0. The quantitative estimate of drug-likeness (QED) is 0.543. The zero-order valence-corrected chi connectivity index (χ0v) is 17.5. The van der Waals surface area contributed by atoms with Gasteiger partial charge in [-0.2, -0.15) is 18.2 Å². The molecule has 1 unspecified atom stereocenters. The largest absolute Gasteiger partial charge is 0.475 e. The van der Waals surface area contributed by atoms with E-state index in [9.17, 15) is 18.0 Å². The smallest absolute Gasteiger partial charge is 0.406 e. The molecule has 31 heavy (non-hydrogen) atoms. The highest BCUT2D eigenvalue weighted by atomic mass is 32.1. The second-order valence-corrected chi connectivity index (χ2v) is 8.43. The predicted octanol–water partition coefficient (Wildman–Crippen LogP) is 4.27. The molecule has 3 aromatic heterocycles. The zero-order chi connectivity index (χ0) is 22.2. The molecule has 0 aliphatic carbocycles. The van der Waals surface area contributed by atoms with Crippen LogP contribution in [0, 0.1) is 6.92 Å². The van der Waals surface area contributed by atoms with Gasteiger partial charge in [0.05, 0.1) is 16.9 Å². The van der Waals surface area contributed by atoms with E-state index in [0.717, 1.165) is 15.9 Å². The van der Waals surface area contributed by atoms with E-state index in [1.165, 1.54) is 23.6 Å². The van der Waals surface area contributed by atoms with Crippen LogP contribution in [0.15, 0.2) is 37.2 Å². The highest BCUT2D eigenvalue weighted by Gasteiger charge is 2.32. The Morgan fingerprint density at radius 2 is 2.29 bits per heavy atom. The van der Waals surface area contributed by atoms with Crippen LogP contribution < -0.4 is 10.1 Å². The molecule has 1 fully saturated rings. The molecular formula is C20H20F3N5O2S. The average molecular weight is 451 g/mol. The van der Waals surface area contributed by atoms with E-state index in [4.69, 9.17) is 4.74 Å². The Labute approximate surface area is 180 Å². The summed E-state index contributed by atoms with van der Waals surface area (Å²) in [4.78, 5) is 23.1. The van der Waals surface area contributed by atoms with E-state index in [1.807, 2.05) is 6.92 Å². The number of aromatic nitrogens is 3. The monoisotopic (exact) mass is 451 g/mol. The van der Waals surface area contributed by atoms with E-state index in [2.05, 4.69) is 21.9 Å². The van der Waals surface area contributed by atoms with Gasteiger partial charge < -0.3 is 19.5 Å². The number of aryl methyl sites for hydroxylation is 1. The van der Waals surface area contributed by atoms with Gasteiger partial charge in [-0.15, -0.1) is 11.3 Å². The predicted molar refractivity (Wildman–Crippen MR) is 112 cm³/mol. The van der Waals surface area contributed by atoms with Crippen molar-refractivity contribution >= 4 is 39.1 Å². The van der Waals surface area contributed by atoms with Crippen LogP contribution in [-0.2, 0) is 11.3 Å². The summed E-state index contributed by atoms with van der Waals surface area (Å²) in [6.45, 7) is 5.07. The van der Waals surface area contributed by atoms with Crippen LogP contribution in [0.3, 0.4) is 0 Å². The number of carbonyl (C=O) groups excluding carboxylic acids is 1. The first-order chi connectivity index (χ1) is 14.7. The van der Waals surface area contributed by atoms with Crippen molar-refractivity contribution in [2.75, 3.05) is 18.5 Å². The molecule has 4 heterocycles. The highest BCUT2D eigenvalue weighted by molar-refractivity contribution is 7.15. The normalized spacial score (nSPS) is 16.3. The number of amides is 1. The molecule has 0 saturated carbocycles. The first-order valence-corrected chi connectivity index (χ1v) is 10.4. The van der Waals surface area contributed by atoms with Gasteiger partial charge in [0.1, 0.15) is 19.0 Å². The van der Waals surface area contributed by atoms with Crippen LogP contribution >= 0.6 is 11.3 Å². The minimum atomic E-state index is -4.37. The van der Waals surface area contributed by atoms with Gasteiger partial charge in [0.2, 0.25) is 11.8 Å². The molecule has 0 radical (unpaired) electrons. The van der Waals surface area contributed by atoms with Gasteiger partial charge in [0.15, 0.2) is 5.13 Å². The molecular weight excluding hydrogens is 431 g/mol. The van der Waals surface area contributed by atoms with Crippen LogP contribution in [0.4, 0.5) is 24.1 Å².